The van der Waals surface area contributed by atoms with Crippen molar-refractivity contribution in [3.05, 3.63) is 29.3 Å². The van der Waals surface area contributed by atoms with E-state index in [4.69, 9.17) is 22.7 Å². The average molecular weight is 318 g/mol. The molecule has 21 heavy (non-hydrogen) atoms. The van der Waals surface area contributed by atoms with Gasteiger partial charge in [-0.1, -0.05) is 12.2 Å². The maximum atomic E-state index is 13.2. The smallest absolute Gasteiger partial charge is 0.389 e. The van der Waals surface area contributed by atoms with Crippen LogP contribution in [-0.2, 0) is 10.9 Å². The van der Waals surface area contributed by atoms with Crippen LogP contribution in [0.5, 0.6) is 0 Å². The summed E-state index contributed by atoms with van der Waals surface area (Å²) < 4.78 is 45.0. The lowest BCUT2D eigenvalue weighted by molar-refractivity contribution is -0.137. The molecule has 1 saturated heterocycles. The summed E-state index contributed by atoms with van der Waals surface area (Å²) in [5.41, 5.74) is 4.96. The number of hydrogen-bond donors (Lipinski definition) is 1. The van der Waals surface area contributed by atoms with E-state index in [1.54, 1.807) is 6.07 Å². The summed E-state index contributed by atoms with van der Waals surface area (Å²) in [7, 11) is 0. The minimum atomic E-state index is -4.49. The largest absolute Gasteiger partial charge is 0.417 e. The van der Waals surface area contributed by atoms with Gasteiger partial charge in [0.1, 0.15) is 4.99 Å². The Balaban J connectivity index is 2.44. The van der Waals surface area contributed by atoms with E-state index >= 15 is 0 Å². The van der Waals surface area contributed by atoms with Crippen molar-refractivity contribution < 1.29 is 17.9 Å². The Hall–Kier alpha value is -1.34. The van der Waals surface area contributed by atoms with E-state index in [2.05, 4.69) is 0 Å². The van der Waals surface area contributed by atoms with Crippen LogP contribution in [-0.4, -0.2) is 30.3 Å². The van der Waals surface area contributed by atoms with E-state index in [-0.39, 0.29) is 22.7 Å². The number of benzene rings is 1. The molecule has 2 atom stereocenters. The highest BCUT2D eigenvalue weighted by Gasteiger charge is 2.35. The Morgan fingerprint density at radius 1 is 1.38 bits per heavy atom. The van der Waals surface area contributed by atoms with Gasteiger partial charge in [-0.3, -0.25) is 0 Å². The number of nitrogens with zero attached hydrogens (tertiary/aromatic N) is 1. The molecule has 2 rings (SSSR count). The van der Waals surface area contributed by atoms with Gasteiger partial charge in [-0.25, -0.2) is 0 Å². The van der Waals surface area contributed by atoms with Crippen LogP contribution in [0.15, 0.2) is 18.2 Å². The fourth-order valence-electron chi connectivity index (χ4n) is 2.42. The quantitative estimate of drug-likeness (QED) is 0.851. The summed E-state index contributed by atoms with van der Waals surface area (Å²) in [6.07, 6.45) is -4.51. The molecule has 116 valence electrons. The number of morpholine rings is 1. The lowest BCUT2D eigenvalue weighted by Crippen LogP contribution is -2.47. The van der Waals surface area contributed by atoms with E-state index in [0.717, 1.165) is 6.07 Å². The van der Waals surface area contributed by atoms with Crippen molar-refractivity contribution in [1.82, 2.24) is 0 Å². The third kappa shape index (κ3) is 3.47. The van der Waals surface area contributed by atoms with Crippen molar-refractivity contribution in [3.63, 3.8) is 0 Å². The van der Waals surface area contributed by atoms with Crippen LogP contribution in [0, 0.1) is 0 Å². The Morgan fingerprint density at radius 3 is 2.62 bits per heavy atom. The first-order valence-electron chi connectivity index (χ1n) is 6.59. The zero-order valence-corrected chi connectivity index (χ0v) is 12.6. The number of thiocarbonyl (C=S) groups is 1. The van der Waals surface area contributed by atoms with Gasteiger partial charge in [0.25, 0.3) is 0 Å². The topological polar surface area (TPSA) is 38.5 Å². The molecule has 0 spiro atoms. The number of rotatable bonds is 2. The first kappa shape index (κ1) is 16.0. The molecule has 0 bridgehead atoms. The van der Waals surface area contributed by atoms with Crippen LogP contribution in [0.2, 0.25) is 0 Å². The van der Waals surface area contributed by atoms with Crippen LogP contribution >= 0.6 is 12.2 Å². The van der Waals surface area contributed by atoms with Crippen molar-refractivity contribution in [3.8, 4) is 0 Å². The number of ether oxygens (including phenoxy) is 1. The maximum absolute atomic E-state index is 13.2. The van der Waals surface area contributed by atoms with Gasteiger partial charge in [-0.05, 0) is 32.0 Å². The summed E-state index contributed by atoms with van der Waals surface area (Å²) in [6.45, 7) is 4.85. The number of alkyl halides is 3. The zero-order chi connectivity index (χ0) is 15.8. The summed E-state index contributed by atoms with van der Waals surface area (Å²) in [6, 6.07) is 4.09. The highest BCUT2D eigenvalue weighted by atomic mass is 32.1. The predicted octanol–water partition coefficient (Wildman–Crippen LogP) is 2.95. The van der Waals surface area contributed by atoms with Crippen molar-refractivity contribution in [2.75, 3.05) is 18.1 Å². The molecule has 0 radical (unpaired) electrons. The highest BCUT2D eigenvalue weighted by Crippen LogP contribution is 2.35. The van der Waals surface area contributed by atoms with Crippen molar-refractivity contribution in [1.29, 1.82) is 0 Å². The van der Waals surface area contributed by atoms with Gasteiger partial charge in [-0.2, -0.15) is 13.2 Å². The molecule has 0 aliphatic carbocycles. The van der Waals surface area contributed by atoms with Crippen molar-refractivity contribution in [2.45, 2.75) is 32.2 Å². The number of hydrogen-bond acceptors (Lipinski definition) is 3. The van der Waals surface area contributed by atoms with E-state index in [0.29, 0.717) is 18.8 Å². The lowest BCUT2D eigenvalue weighted by Gasteiger charge is -2.38. The van der Waals surface area contributed by atoms with Gasteiger partial charge in [0.2, 0.25) is 0 Å². The fourth-order valence-corrected chi connectivity index (χ4v) is 2.60. The summed E-state index contributed by atoms with van der Waals surface area (Å²) in [4.78, 5) is 1.66. The number of nitrogens with two attached hydrogens (primary N) is 1. The monoisotopic (exact) mass is 318 g/mol. The zero-order valence-electron chi connectivity index (χ0n) is 11.8. The van der Waals surface area contributed by atoms with Crippen molar-refractivity contribution in [2.24, 2.45) is 5.73 Å². The first-order chi connectivity index (χ1) is 9.70. The molecule has 1 aromatic carbocycles. The van der Waals surface area contributed by atoms with Crippen LogP contribution in [0.3, 0.4) is 0 Å². The second-order valence-corrected chi connectivity index (χ2v) is 5.68. The molecule has 1 fully saturated rings. The molecule has 0 aromatic heterocycles. The first-order valence-corrected chi connectivity index (χ1v) is 7.00. The molecular formula is C14H17F3N2OS. The number of halogens is 3. The van der Waals surface area contributed by atoms with Gasteiger partial charge < -0.3 is 15.4 Å². The minimum Gasteiger partial charge on any atom is -0.389 e. The molecule has 1 aliphatic heterocycles. The third-order valence-electron chi connectivity index (χ3n) is 3.51. The molecule has 0 amide bonds. The van der Waals surface area contributed by atoms with Crippen LogP contribution < -0.4 is 10.6 Å². The van der Waals surface area contributed by atoms with Crippen LogP contribution in [0.1, 0.15) is 25.0 Å². The molecule has 3 nitrogen and oxygen atoms in total. The van der Waals surface area contributed by atoms with Crippen LogP contribution in [0.4, 0.5) is 18.9 Å². The third-order valence-corrected chi connectivity index (χ3v) is 3.73. The minimum absolute atomic E-state index is 0.0120. The van der Waals surface area contributed by atoms with Gasteiger partial charge in [0.05, 0.1) is 18.3 Å². The molecule has 1 aromatic rings. The van der Waals surface area contributed by atoms with E-state index < -0.39 is 11.7 Å². The molecular weight excluding hydrogens is 301 g/mol. The molecule has 1 heterocycles. The summed E-state index contributed by atoms with van der Waals surface area (Å²) in [5, 5.41) is 0. The predicted molar refractivity (Wildman–Crippen MR) is 79.6 cm³/mol. The van der Waals surface area contributed by atoms with Crippen LogP contribution in [0.25, 0.3) is 0 Å². The SMILES string of the molecule is CC1CN(c2ccc(C(N)=S)c(C(F)(F)F)c2)C(C)CO1. The van der Waals surface area contributed by atoms with E-state index in [9.17, 15) is 13.2 Å². The number of anilines is 1. The van der Waals surface area contributed by atoms with E-state index in [1.165, 1.54) is 6.07 Å². The van der Waals surface area contributed by atoms with Gasteiger partial charge in [0.15, 0.2) is 0 Å². The Bertz CT molecular complexity index is 548. The molecule has 2 N–H and O–H groups in total. The van der Waals surface area contributed by atoms with Gasteiger partial charge in [0, 0.05) is 23.8 Å². The molecule has 0 saturated carbocycles. The molecule has 7 heteroatoms. The summed E-state index contributed by atoms with van der Waals surface area (Å²) >= 11 is 4.70. The molecule has 1 aliphatic rings. The van der Waals surface area contributed by atoms with E-state index in [1.807, 2.05) is 18.7 Å². The maximum Gasteiger partial charge on any atom is 0.417 e. The molecule has 2 unspecified atom stereocenters. The second-order valence-electron chi connectivity index (χ2n) is 5.24. The van der Waals surface area contributed by atoms with Crippen molar-refractivity contribution >= 4 is 22.9 Å². The second kappa shape index (κ2) is 5.81. The summed E-state index contributed by atoms with van der Waals surface area (Å²) in [5.74, 6) is 0. The average Bonchev–Trinajstić information content (AvgIpc) is 2.40. The Kier molecular flexibility index (Phi) is 4.43. The van der Waals surface area contributed by atoms with Gasteiger partial charge in [-0.15, -0.1) is 0 Å². The van der Waals surface area contributed by atoms with Gasteiger partial charge >= 0.3 is 6.18 Å². The fraction of sp³-hybridized carbons (Fsp3) is 0.500. The highest BCUT2D eigenvalue weighted by molar-refractivity contribution is 7.80. The lowest BCUT2D eigenvalue weighted by atomic mass is 10.0. The Labute approximate surface area is 126 Å². The standard InChI is InChI=1S/C14H17F3N2OS/c1-8-7-20-9(2)6-19(8)10-3-4-11(13(18)21)12(5-10)14(15,16)17/h3-5,8-9H,6-7H2,1-2H3,(H2,18,21). The Morgan fingerprint density at radius 2 is 2.05 bits per heavy atom. The normalized spacial score (nSPS) is 23.2.